The summed E-state index contributed by atoms with van der Waals surface area (Å²) in [5, 5.41) is 29.2. The molecule has 0 saturated carbocycles. The lowest BCUT2D eigenvalue weighted by atomic mass is 10.0. The summed E-state index contributed by atoms with van der Waals surface area (Å²) in [6.07, 6.45) is -8.09. The number of ether oxygens (including phenoxy) is 1. The van der Waals surface area contributed by atoms with Gasteiger partial charge in [0, 0.05) is 16.9 Å². The summed E-state index contributed by atoms with van der Waals surface area (Å²) in [5.41, 5.74) is -1.23. The van der Waals surface area contributed by atoms with E-state index >= 15 is 0 Å². The monoisotopic (exact) mass is 414 g/mol. The second-order valence-electron chi connectivity index (χ2n) is 6.30. The molecule has 2 aromatic rings. The summed E-state index contributed by atoms with van der Waals surface area (Å²) in [7, 11) is 0. The van der Waals surface area contributed by atoms with E-state index in [4.69, 9.17) is 4.74 Å². The van der Waals surface area contributed by atoms with Crippen molar-refractivity contribution < 1.29 is 38.0 Å². The number of halogens is 3. The Morgan fingerprint density at radius 2 is 1.46 bits per heavy atom. The van der Waals surface area contributed by atoms with Gasteiger partial charge in [-0.05, 0) is 36.4 Å². The van der Waals surface area contributed by atoms with E-state index in [0.29, 0.717) is 5.75 Å². The standard InChI is InChI=1S/C19H17F3O5S/c20-19(21,22)12-5-1-10(2-6-12)15(24)11-3-7-13(8-4-11)27-18-17(26)16(25)14(23)9-28-18/h1-8,14,16-18,23,25-26H,9H2/t14-,16+,17-,18+/m1/s1. The number of carbonyl (C=O) groups is 1. The number of hydrogen-bond donors (Lipinski definition) is 3. The Morgan fingerprint density at radius 1 is 0.929 bits per heavy atom. The molecule has 28 heavy (non-hydrogen) atoms. The van der Waals surface area contributed by atoms with Crippen LogP contribution in [0.5, 0.6) is 5.75 Å². The fraction of sp³-hybridized carbons (Fsp3) is 0.316. The number of carbonyl (C=O) groups excluding carboxylic acids is 1. The van der Waals surface area contributed by atoms with Crippen molar-refractivity contribution in [2.24, 2.45) is 0 Å². The second kappa shape index (κ2) is 8.12. The van der Waals surface area contributed by atoms with Crippen LogP contribution >= 0.6 is 11.8 Å². The molecule has 150 valence electrons. The molecule has 2 aromatic carbocycles. The van der Waals surface area contributed by atoms with Crippen LogP contribution in [-0.4, -0.2) is 50.6 Å². The van der Waals surface area contributed by atoms with Gasteiger partial charge in [0.1, 0.15) is 18.0 Å². The molecular formula is C19H17F3O5S. The maximum Gasteiger partial charge on any atom is 0.416 e. The molecule has 0 aliphatic carbocycles. The first-order valence-corrected chi connectivity index (χ1v) is 9.36. The summed E-state index contributed by atoms with van der Waals surface area (Å²) >= 11 is 1.15. The average molecular weight is 414 g/mol. The Morgan fingerprint density at radius 3 is 2.00 bits per heavy atom. The molecule has 5 nitrogen and oxygen atoms in total. The summed E-state index contributed by atoms with van der Waals surface area (Å²) < 4.78 is 43.4. The lowest BCUT2D eigenvalue weighted by Crippen LogP contribution is -2.50. The molecule has 0 radical (unpaired) electrons. The molecule has 0 aromatic heterocycles. The van der Waals surface area contributed by atoms with Crippen molar-refractivity contribution in [1.29, 1.82) is 0 Å². The van der Waals surface area contributed by atoms with Crippen molar-refractivity contribution >= 4 is 17.5 Å². The number of aliphatic hydroxyl groups is 3. The highest BCUT2D eigenvalue weighted by atomic mass is 32.2. The maximum atomic E-state index is 12.6. The van der Waals surface area contributed by atoms with Crippen molar-refractivity contribution in [1.82, 2.24) is 0 Å². The predicted molar refractivity (Wildman–Crippen MR) is 96.2 cm³/mol. The number of hydrogen-bond acceptors (Lipinski definition) is 6. The highest BCUT2D eigenvalue weighted by Crippen LogP contribution is 2.31. The Labute approximate surface area is 162 Å². The Hall–Kier alpha value is -2.07. The summed E-state index contributed by atoms with van der Waals surface area (Å²) in [5.74, 6) is 0.0999. The number of benzene rings is 2. The van der Waals surface area contributed by atoms with Gasteiger partial charge in [-0.1, -0.05) is 12.1 Å². The molecule has 3 rings (SSSR count). The molecule has 3 N–H and O–H groups in total. The summed E-state index contributed by atoms with van der Waals surface area (Å²) in [6.45, 7) is 0. The first kappa shape index (κ1) is 20.7. The van der Waals surface area contributed by atoms with Crippen molar-refractivity contribution in [2.45, 2.75) is 29.9 Å². The van der Waals surface area contributed by atoms with Crippen LogP contribution in [0, 0.1) is 0 Å². The van der Waals surface area contributed by atoms with Crippen LogP contribution < -0.4 is 4.74 Å². The SMILES string of the molecule is O=C(c1ccc(O[C@H]2SC[C@@H](O)[C@H](O)[C@H]2O)cc1)c1ccc(C(F)(F)F)cc1. The number of thioether (sulfide) groups is 1. The van der Waals surface area contributed by atoms with E-state index in [1.165, 1.54) is 24.3 Å². The van der Waals surface area contributed by atoms with Crippen LogP contribution in [0.4, 0.5) is 13.2 Å². The minimum Gasteiger partial charge on any atom is -0.477 e. The fourth-order valence-corrected chi connectivity index (χ4v) is 3.80. The van der Waals surface area contributed by atoms with Crippen molar-refractivity contribution in [3.05, 3.63) is 65.2 Å². The quantitative estimate of drug-likeness (QED) is 0.667. The van der Waals surface area contributed by atoms with Crippen LogP contribution in [-0.2, 0) is 6.18 Å². The van der Waals surface area contributed by atoms with Crippen molar-refractivity contribution in [3.63, 3.8) is 0 Å². The largest absolute Gasteiger partial charge is 0.477 e. The highest BCUT2D eigenvalue weighted by molar-refractivity contribution is 7.99. The van der Waals surface area contributed by atoms with Gasteiger partial charge in [-0.15, -0.1) is 11.8 Å². The van der Waals surface area contributed by atoms with E-state index in [1.807, 2.05) is 0 Å². The molecule has 4 atom stereocenters. The normalized spacial score (nSPS) is 25.4. The first-order valence-electron chi connectivity index (χ1n) is 8.31. The molecule has 0 unspecified atom stereocenters. The molecule has 0 bridgehead atoms. The Kier molecular flexibility index (Phi) is 5.99. The van der Waals surface area contributed by atoms with E-state index in [-0.39, 0.29) is 16.9 Å². The minimum atomic E-state index is -4.47. The molecule has 9 heteroatoms. The third kappa shape index (κ3) is 4.49. The molecule has 0 spiro atoms. The fourth-order valence-electron chi connectivity index (χ4n) is 2.68. The van der Waals surface area contributed by atoms with Crippen LogP contribution in [0.2, 0.25) is 0 Å². The second-order valence-corrected chi connectivity index (χ2v) is 7.43. The van der Waals surface area contributed by atoms with Gasteiger partial charge in [-0.3, -0.25) is 4.79 Å². The number of rotatable bonds is 4. The number of aliphatic hydroxyl groups excluding tert-OH is 3. The number of alkyl halides is 3. The average Bonchev–Trinajstić information content (AvgIpc) is 2.68. The van der Waals surface area contributed by atoms with E-state index in [2.05, 4.69) is 0 Å². The van der Waals surface area contributed by atoms with Gasteiger partial charge in [0.15, 0.2) is 11.2 Å². The van der Waals surface area contributed by atoms with Crippen LogP contribution in [0.15, 0.2) is 48.5 Å². The van der Waals surface area contributed by atoms with Crippen LogP contribution in [0.1, 0.15) is 21.5 Å². The lowest BCUT2D eigenvalue weighted by molar-refractivity contribution is -0.137. The Bertz CT molecular complexity index is 823. The topological polar surface area (TPSA) is 87.0 Å². The molecule has 1 saturated heterocycles. The zero-order valence-electron chi connectivity index (χ0n) is 14.3. The first-order chi connectivity index (χ1) is 13.2. The Balaban J connectivity index is 1.68. The van der Waals surface area contributed by atoms with Gasteiger partial charge < -0.3 is 20.1 Å². The van der Waals surface area contributed by atoms with Gasteiger partial charge in [0.25, 0.3) is 0 Å². The molecule has 1 fully saturated rings. The van der Waals surface area contributed by atoms with E-state index in [1.54, 1.807) is 0 Å². The maximum absolute atomic E-state index is 12.6. The third-order valence-corrected chi connectivity index (χ3v) is 5.53. The van der Waals surface area contributed by atoms with Gasteiger partial charge in [0.05, 0.1) is 11.7 Å². The van der Waals surface area contributed by atoms with Gasteiger partial charge in [-0.25, -0.2) is 0 Å². The van der Waals surface area contributed by atoms with Gasteiger partial charge in [-0.2, -0.15) is 13.2 Å². The predicted octanol–water partition coefficient (Wildman–Crippen LogP) is 2.47. The van der Waals surface area contributed by atoms with E-state index in [0.717, 1.165) is 36.0 Å². The van der Waals surface area contributed by atoms with Gasteiger partial charge in [0.2, 0.25) is 0 Å². The molecule has 1 heterocycles. The third-order valence-electron chi connectivity index (χ3n) is 4.30. The van der Waals surface area contributed by atoms with Gasteiger partial charge >= 0.3 is 6.18 Å². The minimum absolute atomic E-state index is 0.122. The molecule has 1 aliphatic heterocycles. The molecular weight excluding hydrogens is 397 g/mol. The summed E-state index contributed by atoms with van der Waals surface area (Å²) in [4.78, 5) is 12.4. The summed E-state index contributed by atoms with van der Waals surface area (Å²) in [6, 6.07) is 9.85. The van der Waals surface area contributed by atoms with E-state index < -0.39 is 41.3 Å². The lowest BCUT2D eigenvalue weighted by Gasteiger charge is -2.34. The van der Waals surface area contributed by atoms with Crippen molar-refractivity contribution in [3.8, 4) is 5.75 Å². The smallest absolute Gasteiger partial charge is 0.416 e. The molecule has 1 aliphatic rings. The molecule has 0 amide bonds. The van der Waals surface area contributed by atoms with E-state index in [9.17, 15) is 33.3 Å². The number of ketones is 1. The van der Waals surface area contributed by atoms with Crippen LogP contribution in [0.3, 0.4) is 0 Å². The van der Waals surface area contributed by atoms with Crippen molar-refractivity contribution in [2.75, 3.05) is 5.75 Å². The highest BCUT2D eigenvalue weighted by Gasteiger charge is 2.38. The van der Waals surface area contributed by atoms with Crippen LogP contribution in [0.25, 0.3) is 0 Å². The zero-order chi connectivity index (χ0) is 20.5. The zero-order valence-corrected chi connectivity index (χ0v) is 15.2.